The molecule has 0 spiro atoms. The number of rotatable bonds is 5. The highest BCUT2D eigenvalue weighted by atomic mass is 16.5. The first-order valence-corrected chi connectivity index (χ1v) is 7.93. The number of nitrogens with one attached hydrogen (secondary N) is 2. The van der Waals surface area contributed by atoms with Gasteiger partial charge in [0, 0.05) is 32.2 Å². The highest BCUT2D eigenvalue weighted by Crippen LogP contribution is 2.31. The smallest absolute Gasteiger partial charge is 0.260 e. The summed E-state index contributed by atoms with van der Waals surface area (Å²) in [6.07, 6.45) is 0.899. The number of H-pyrrole nitrogens is 1. The molecule has 3 rings (SSSR count). The van der Waals surface area contributed by atoms with Gasteiger partial charge in [0.1, 0.15) is 0 Å². The summed E-state index contributed by atoms with van der Waals surface area (Å²) in [7, 11) is 1.57. The van der Waals surface area contributed by atoms with Crippen molar-refractivity contribution in [2.45, 2.75) is 13.3 Å². The van der Waals surface area contributed by atoms with E-state index in [0.717, 1.165) is 32.6 Å². The number of aromatic amines is 1. The summed E-state index contributed by atoms with van der Waals surface area (Å²) >= 11 is 0. The Morgan fingerprint density at radius 2 is 2.04 bits per heavy atom. The van der Waals surface area contributed by atoms with E-state index in [2.05, 4.69) is 20.2 Å². The predicted octanol–water partition coefficient (Wildman–Crippen LogP) is 1.13. The maximum absolute atomic E-state index is 12.4. The molecule has 124 valence electrons. The minimum Gasteiger partial charge on any atom is -0.493 e. The Labute approximate surface area is 134 Å². The Hall–Kier alpha value is -2.28. The van der Waals surface area contributed by atoms with Crippen molar-refractivity contribution in [2.75, 3.05) is 44.8 Å². The van der Waals surface area contributed by atoms with Crippen LogP contribution in [0, 0.1) is 0 Å². The monoisotopic (exact) mass is 318 g/mol. The lowest BCUT2D eigenvalue weighted by Crippen LogP contribution is -2.44. The van der Waals surface area contributed by atoms with Gasteiger partial charge in [-0.15, -0.1) is 0 Å². The van der Waals surface area contributed by atoms with Crippen LogP contribution >= 0.6 is 0 Å². The Morgan fingerprint density at radius 3 is 2.74 bits per heavy atom. The standard InChI is InChI=1S/C16H22N4O3/c1-3-8-23-14-10-12-11(9-13(14)22-2)15(21)19-16(18-12)20-6-4-17-5-7-20/h9-10,17H,3-8H2,1-2H3,(H,18,19,21). The number of fused-ring (bicyclic) bond motifs is 1. The van der Waals surface area contributed by atoms with Crippen molar-refractivity contribution in [2.24, 2.45) is 0 Å². The van der Waals surface area contributed by atoms with Crippen LogP contribution in [0.1, 0.15) is 13.3 Å². The molecule has 0 bridgehead atoms. The highest BCUT2D eigenvalue weighted by molar-refractivity contribution is 5.82. The lowest BCUT2D eigenvalue weighted by atomic mass is 10.2. The van der Waals surface area contributed by atoms with E-state index in [1.807, 2.05) is 6.92 Å². The van der Waals surface area contributed by atoms with E-state index in [0.29, 0.717) is 35.0 Å². The van der Waals surface area contributed by atoms with Crippen LogP contribution < -0.4 is 25.2 Å². The van der Waals surface area contributed by atoms with Gasteiger partial charge in [0.05, 0.1) is 24.6 Å². The normalized spacial score (nSPS) is 15.0. The topological polar surface area (TPSA) is 79.5 Å². The first kappa shape index (κ1) is 15.6. The molecule has 0 radical (unpaired) electrons. The zero-order chi connectivity index (χ0) is 16.2. The first-order chi connectivity index (χ1) is 11.2. The van der Waals surface area contributed by atoms with Crippen LogP contribution in [-0.2, 0) is 0 Å². The van der Waals surface area contributed by atoms with Gasteiger partial charge in [-0.25, -0.2) is 4.98 Å². The van der Waals surface area contributed by atoms with Crippen LogP contribution in [0.3, 0.4) is 0 Å². The molecule has 0 unspecified atom stereocenters. The fourth-order valence-corrected chi connectivity index (χ4v) is 2.65. The van der Waals surface area contributed by atoms with Crippen LogP contribution in [-0.4, -0.2) is 49.9 Å². The molecule has 0 aliphatic carbocycles. The Balaban J connectivity index is 2.05. The summed E-state index contributed by atoms with van der Waals surface area (Å²) < 4.78 is 11.0. The van der Waals surface area contributed by atoms with Crippen molar-refractivity contribution >= 4 is 16.9 Å². The van der Waals surface area contributed by atoms with Gasteiger partial charge in [-0.05, 0) is 12.5 Å². The average molecular weight is 318 g/mol. The lowest BCUT2D eigenvalue weighted by Gasteiger charge is -2.27. The second kappa shape index (κ2) is 6.87. The van der Waals surface area contributed by atoms with Gasteiger partial charge in [-0.3, -0.25) is 9.78 Å². The number of methoxy groups -OCH3 is 1. The van der Waals surface area contributed by atoms with Crippen LogP contribution in [0.5, 0.6) is 11.5 Å². The molecule has 1 saturated heterocycles. The largest absolute Gasteiger partial charge is 0.493 e. The van der Waals surface area contributed by atoms with Gasteiger partial charge in [-0.2, -0.15) is 0 Å². The molecule has 1 aromatic carbocycles. The number of nitrogens with zero attached hydrogens (tertiary/aromatic N) is 2. The van der Waals surface area contributed by atoms with Gasteiger partial charge in [0.15, 0.2) is 11.5 Å². The molecular formula is C16H22N4O3. The molecule has 0 atom stereocenters. The van der Waals surface area contributed by atoms with Crippen LogP contribution in [0.2, 0.25) is 0 Å². The number of ether oxygens (including phenoxy) is 2. The lowest BCUT2D eigenvalue weighted by molar-refractivity contribution is 0.295. The van der Waals surface area contributed by atoms with Crippen molar-refractivity contribution in [1.29, 1.82) is 0 Å². The second-order valence-electron chi connectivity index (χ2n) is 5.50. The van der Waals surface area contributed by atoms with Crippen molar-refractivity contribution in [3.05, 3.63) is 22.5 Å². The third-order valence-corrected chi connectivity index (χ3v) is 3.86. The van der Waals surface area contributed by atoms with Gasteiger partial charge in [-0.1, -0.05) is 6.92 Å². The van der Waals surface area contributed by atoms with Gasteiger partial charge in [0.25, 0.3) is 5.56 Å². The van der Waals surface area contributed by atoms with Crippen molar-refractivity contribution in [1.82, 2.24) is 15.3 Å². The van der Waals surface area contributed by atoms with E-state index in [4.69, 9.17) is 9.47 Å². The number of piperazine rings is 1. The Bertz CT molecular complexity index is 738. The summed E-state index contributed by atoms with van der Waals surface area (Å²) in [6, 6.07) is 3.47. The third kappa shape index (κ3) is 3.24. The molecule has 7 nitrogen and oxygen atoms in total. The number of anilines is 1. The van der Waals surface area contributed by atoms with Crippen LogP contribution in [0.25, 0.3) is 10.9 Å². The highest BCUT2D eigenvalue weighted by Gasteiger charge is 2.16. The van der Waals surface area contributed by atoms with E-state index >= 15 is 0 Å². The van der Waals surface area contributed by atoms with Crippen LogP contribution in [0.4, 0.5) is 5.95 Å². The minimum atomic E-state index is -0.163. The molecule has 0 saturated carbocycles. The fraction of sp³-hybridized carbons (Fsp3) is 0.500. The number of hydrogen-bond donors (Lipinski definition) is 2. The summed E-state index contributed by atoms with van der Waals surface area (Å²) in [4.78, 5) is 22.0. The van der Waals surface area contributed by atoms with Crippen molar-refractivity contribution in [3.8, 4) is 11.5 Å². The molecule has 1 aliphatic rings. The quantitative estimate of drug-likeness (QED) is 0.860. The van der Waals surface area contributed by atoms with E-state index in [9.17, 15) is 4.79 Å². The van der Waals surface area contributed by atoms with E-state index < -0.39 is 0 Å². The minimum absolute atomic E-state index is 0.163. The van der Waals surface area contributed by atoms with Gasteiger partial charge >= 0.3 is 0 Å². The Morgan fingerprint density at radius 1 is 1.26 bits per heavy atom. The van der Waals surface area contributed by atoms with Gasteiger partial charge < -0.3 is 19.7 Å². The van der Waals surface area contributed by atoms with Gasteiger partial charge in [0.2, 0.25) is 5.95 Å². The SMILES string of the molecule is CCCOc1cc2nc(N3CCNCC3)[nH]c(=O)c2cc1OC. The second-order valence-corrected chi connectivity index (χ2v) is 5.50. The molecule has 2 N–H and O–H groups in total. The molecule has 1 aliphatic heterocycles. The molecule has 0 amide bonds. The number of benzene rings is 1. The number of hydrogen-bond acceptors (Lipinski definition) is 6. The zero-order valence-corrected chi connectivity index (χ0v) is 13.5. The zero-order valence-electron chi connectivity index (χ0n) is 13.5. The summed E-state index contributed by atoms with van der Waals surface area (Å²) in [5.41, 5.74) is 0.457. The first-order valence-electron chi connectivity index (χ1n) is 7.93. The van der Waals surface area contributed by atoms with E-state index in [-0.39, 0.29) is 5.56 Å². The molecule has 7 heteroatoms. The number of aromatic nitrogens is 2. The molecule has 1 fully saturated rings. The third-order valence-electron chi connectivity index (χ3n) is 3.86. The fourth-order valence-electron chi connectivity index (χ4n) is 2.65. The van der Waals surface area contributed by atoms with Crippen molar-refractivity contribution in [3.63, 3.8) is 0 Å². The maximum atomic E-state index is 12.4. The van der Waals surface area contributed by atoms with E-state index in [1.165, 1.54) is 0 Å². The maximum Gasteiger partial charge on any atom is 0.260 e. The average Bonchev–Trinajstić information content (AvgIpc) is 2.60. The summed E-state index contributed by atoms with van der Waals surface area (Å²) in [5.74, 6) is 1.77. The predicted molar refractivity (Wildman–Crippen MR) is 89.8 cm³/mol. The molecular weight excluding hydrogens is 296 g/mol. The molecule has 2 heterocycles. The summed E-state index contributed by atoms with van der Waals surface area (Å²) in [6.45, 7) is 6.05. The summed E-state index contributed by atoms with van der Waals surface area (Å²) in [5, 5.41) is 3.79. The van der Waals surface area contributed by atoms with Crippen LogP contribution in [0.15, 0.2) is 16.9 Å². The molecule has 23 heavy (non-hydrogen) atoms. The van der Waals surface area contributed by atoms with E-state index in [1.54, 1.807) is 19.2 Å². The molecule has 2 aromatic rings. The van der Waals surface area contributed by atoms with Crippen molar-refractivity contribution < 1.29 is 9.47 Å². The Kier molecular flexibility index (Phi) is 4.66. The molecule has 1 aromatic heterocycles.